The van der Waals surface area contributed by atoms with Gasteiger partial charge < -0.3 is 4.74 Å². The van der Waals surface area contributed by atoms with Gasteiger partial charge in [0.2, 0.25) is 10.0 Å². The second-order valence-electron chi connectivity index (χ2n) is 7.66. The Kier molecular flexibility index (Phi) is 7.69. The Bertz CT molecular complexity index is 972. The molecule has 0 spiro atoms. The number of carbonyl (C=O) groups excluding carboxylic acids is 1. The smallest absolute Gasteiger partial charge is 0.324 e. The minimum atomic E-state index is -4.09. The highest BCUT2D eigenvalue weighted by molar-refractivity contribution is 7.89. The van der Waals surface area contributed by atoms with E-state index in [-0.39, 0.29) is 10.6 Å². The van der Waals surface area contributed by atoms with Crippen molar-refractivity contribution in [2.24, 2.45) is 5.41 Å². The van der Waals surface area contributed by atoms with Crippen LogP contribution in [-0.4, -0.2) is 32.5 Å². The molecule has 0 aliphatic rings. The van der Waals surface area contributed by atoms with Gasteiger partial charge in [-0.3, -0.25) is 14.9 Å². The molecule has 2 aromatic carbocycles. The molecule has 8 nitrogen and oxygen atoms in total. The van der Waals surface area contributed by atoms with E-state index in [4.69, 9.17) is 4.74 Å². The third-order valence-corrected chi connectivity index (χ3v) is 6.42. The summed E-state index contributed by atoms with van der Waals surface area (Å²) in [6.45, 7) is 3.61. The first-order valence-corrected chi connectivity index (χ1v) is 10.9. The summed E-state index contributed by atoms with van der Waals surface area (Å²) in [5.41, 5.74) is 0.213. The molecule has 0 saturated carbocycles. The molecule has 9 heteroatoms. The van der Waals surface area contributed by atoms with Gasteiger partial charge in [0.05, 0.1) is 16.9 Å². The molecule has 0 fully saturated rings. The minimum absolute atomic E-state index is 0.165. The van der Waals surface area contributed by atoms with E-state index in [1.807, 2.05) is 30.3 Å². The summed E-state index contributed by atoms with van der Waals surface area (Å²) in [5.74, 6) is -0.690. The number of methoxy groups -OCH3 is 1. The first kappa shape index (κ1) is 23.5. The van der Waals surface area contributed by atoms with E-state index < -0.39 is 32.4 Å². The van der Waals surface area contributed by atoms with Gasteiger partial charge in [0.25, 0.3) is 5.69 Å². The molecule has 0 aliphatic carbocycles. The number of non-ortho nitro benzene ring substituents is 1. The van der Waals surface area contributed by atoms with Crippen molar-refractivity contribution in [3.05, 3.63) is 70.3 Å². The minimum Gasteiger partial charge on any atom is -0.468 e. The number of nitrogens with one attached hydrogen (secondary N) is 1. The number of ether oxygens (including phenoxy) is 1. The third kappa shape index (κ3) is 6.11. The number of aryl methyl sites for hydroxylation is 1. The Morgan fingerprint density at radius 3 is 2.27 bits per heavy atom. The summed E-state index contributed by atoms with van der Waals surface area (Å²) < 4.78 is 32.9. The summed E-state index contributed by atoms with van der Waals surface area (Å²) in [6, 6.07) is 13.2. The molecular weight excluding hydrogens is 408 g/mol. The van der Waals surface area contributed by atoms with Crippen LogP contribution in [0.25, 0.3) is 0 Å². The van der Waals surface area contributed by atoms with Crippen LogP contribution in [0.1, 0.15) is 32.3 Å². The number of nitro benzene ring substituents is 1. The van der Waals surface area contributed by atoms with Crippen LogP contribution in [0.5, 0.6) is 0 Å². The average molecular weight is 435 g/mol. The summed E-state index contributed by atoms with van der Waals surface area (Å²) >= 11 is 0. The summed E-state index contributed by atoms with van der Waals surface area (Å²) in [6.07, 6.45) is 2.13. The number of nitro groups is 1. The molecule has 1 atom stereocenters. The van der Waals surface area contributed by atoms with Crippen LogP contribution < -0.4 is 4.72 Å². The number of esters is 1. The number of benzene rings is 2. The molecule has 0 heterocycles. The highest BCUT2D eigenvalue weighted by atomic mass is 32.2. The highest BCUT2D eigenvalue weighted by Crippen LogP contribution is 2.30. The Labute approximate surface area is 176 Å². The molecule has 30 heavy (non-hydrogen) atoms. The fourth-order valence-corrected chi connectivity index (χ4v) is 4.51. The van der Waals surface area contributed by atoms with Gasteiger partial charge in [-0.05, 0) is 42.4 Å². The second-order valence-corrected chi connectivity index (χ2v) is 9.37. The maximum Gasteiger partial charge on any atom is 0.324 e. The van der Waals surface area contributed by atoms with Crippen LogP contribution in [-0.2, 0) is 26.0 Å². The van der Waals surface area contributed by atoms with E-state index in [1.165, 1.54) is 7.11 Å². The van der Waals surface area contributed by atoms with Crippen molar-refractivity contribution in [2.45, 2.75) is 44.0 Å². The van der Waals surface area contributed by atoms with E-state index in [1.54, 1.807) is 13.8 Å². The predicted molar refractivity (Wildman–Crippen MR) is 112 cm³/mol. The highest BCUT2D eigenvalue weighted by Gasteiger charge is 2.39. The van der Waals surface area contributed by atoms with E-state index in [9.17, 15) is 23.3 Å². The summed E-state index contributed by atoms with van der Waals surface area (Å²) in [7, 11) is -2.89. The monoisotopic (exact) mass is 434 g/mol. The van der Waals surface area contributed by atoms with E-state index in [2.05, 4.69) is 4.72 Å². The lowest BCUT2D eigenvalue weighted by molar-refractivity contribution is -0.384. The molecule has 0 aromatic heterocycles. The van der Waals surface area contributed by atoms with Crippen LogP contribution in [0.3, 0.4) is 0 Å². The molecule has 0 aliphatic heterocycles. The number of nitrogens with zero attached hydrogens (tertiary/aromatic N) is 1. The predicted octanol–water partition coefficient (Wildman–Crippen LogP) is 3.46. The second kappa shape index (κ2) is 9.82. The zero-order valence-electron chi connectivity index (χ0n) is 17.2. The van der Waals surface area contributed by atoms with Gasteiger partial charge in [-0.2, -0.15) is 4.72 Å². The lowest BCUT2D eigenvalue weighted by Gasteiger charge is -2.32. The Balaban J connectivity index is 2.16. The molecule has 2 rings (SSSR count). The summed E-state index contributed by atoms with van der Waals surface area (Å²) in [4.78, 5) is 22.4. The van der Waals surface area contributed by atoms with Gasteiger partial charge in [0.15, 0.2) is 0 Å². The Morgan fingerprint density at radius 2 is 1.73 bits per heavy atom. The van der Waals surface area contributed by atoms with E-state index in [0.717, 1.165) is 42.7 Å². The van der Waals surface area contributed by atoms with Crippen LogP contribution in [0.2, 0.25) is 0 Å². The maximum absolute atomic E-state index is 12.8. The molecule has 0 amide bonds. The van der Waals surface area contributed by atoms with Crippen molar-refractivity contribution in [1.29, 1.82) is 0 Å². The molecule has 0 bridgehead atoms. The molecule has 0 unspecified atom stereocenters. The molecular formula is C21H26N2O6S. The van der Waals surface area contributed by atoms with Crippen molar-refractivity contribution in [3.63, 3.8) is 0 Å². The molecule has 1 N–H and O–H groups in total. The lowest BCUT2D eigenvalue weighted by atomic mass is 9.80. The van der Waals surface area contributed by atoms with Gasteiger partial charge in [0, 0.05) is 12.1 Å². The number of rotatable bonds is 10. The van der Waals surface area contributed by atoms with Crippen molar-refractivity contribution in [2.75, 3.05) is 7.11 Å². The van der Waals surface area contributed by atoms with Crippen molar-refractivity contribution >= 4 is 21.7 Å². The standard InChI is InChI=1S/C21H26N2O6S/c1-21(2,15-7-10-16-8-5-4-6-9-16)19(20(24)29-3)22-30(27,28)18-13-11-17(12-14-18)23(25)26/h4-6,8-9,11-14,19,22H,7,10,15H2,1-3H3/t19-/m1/s1. The van der Waals surface area contributed by atoms with Gasteiger partial charge in [-0.25, -0.2) is 8.42 Å². The fourth-order valence-electron chi connectivity index (χ4n) is 3.15. The molecule has 2 aromatic rings. The molecule has 0 saturated heterocycles. The lowest BCUT2D eigenvalue weighted by Crippen LogP contribution is -2.50. The van der Waals surface area contributed by atoms with E-state index >= 15 is 0 Å². The molecule has 162 valence electrons. The van der Waals surface area contributed by atoms with Crippen LogP contribution in [0.15, 0.2) is 59.5 Å². The van der Waals surface area contributed by atoms with Gasteiger partial charge in [-0.1, -0.05) is 44.2 Å². The Morgan fingerprint density at radius 1 is 1.13 bits per heavy atom. The number of hydrogen-bond acceptors (Lipinski definition) is 6. The zero-order valence-corrected chi connectivity index (χ0v) is 18.0. The van der Waals surface area contributed by atoms with Crippen LogP contribution in [0, 0.1) is 15.5 Å². The largest absolute Gasteiger partial charge is 0.468 e. The third-order valence-electron chi connectivity index (χ3n) is 4.98. The molecule has 0 radical (unpaired) electrons. The van der Waals surface area contributed by atoms with E-state index in [0.29, 0.717) is 6.42 Å². The van der Waals surface area contributed by atoms with Crippen molar-refractivity contribution in [1.82, 2.24) is 4.72 Å². The first-order chi connectivity index (χ1) is 14.1. The quantitative estimate of drug-likeness (QED) is 0.348. The first-order valence-electron chi connectivity index (χ1n) is 9.45. The summed E-state index contributed by atoms with van der Waals surface area (Å²) in [5, 5.41) is 10.8. The van der Waals surface area contributed by atoms with Gasteiger partial charge >= 0.3 is 5.97 Å². The number of sulfonamides is 1. The normalized spacial score (nSPS) is 12.9. The fraction of sp³-hybridized carbons (Fsp3) is 0.381. The zero-order chi connectivity index (χ0) is 22.4. The van der Waals surface area contributed by atoms with Crippen molar-refractivity contribution < 1.29 is 22.9 Å². The van der Waals surface area contributed by atoms with Gasteiger partial charge in [-0.15, -0.1) is 0 Å². The van der Waals surface area contributed by atoms with Crippen LogP contribution >= 0.6 is 0 Å². The number of hydrogen-bond donors (Lipinski definition) is 1. The SMILES string of the molecule is COC(=O)[C@@H](NS(=O)(=O)c1ccc([N+](=O)[O-])cc1)C(C)(C)CCCc1ccccc1. The maximum atomic E-state index is 12.8. The van der Waals surface area contributed by atoms with Gasteiger partial charge in [0.1, 0.15) is 6.04 Å². The Hall–Kier alpha value is -2.78. The topological polar surface area (TPSA) is 116 Å². The van der Waals surface area contributed by atoms with Crippen molar-refractivity contribution in [3.8, 4) is 0 Å². The van der Waals surface area contributed by atoms with Crippen LogP contribution in [0.4, 0.5) is 5.69 Å². The average Bonchev–Trinajstić information content (AvgIpc) is 2.72. The number of carbonyl (C=O) groups is 1.